The Labute approximate surface area is 224 Å². The van der Waals surface area contributed by atoms with E-state index in [2.05, 4.69) is 10.6 Å². The van der Waals surface area contributed by atoms with Crippen LogP contribution in [0.25, 0.3) is 0 Å². The third-order valence-electron chi connectivity index (χ3n) is 6.66. The van der Waals surface area contributed by atoms with Gasteiger partial charge in [0, 0.05) is 23.5 Å². The van der Waals surface area contributed by atoms with E-state index >= 15 is 0 Å². The summed E-state index contributed by atoms with van der Waals surface area (Å²) in [6, 6.07) is 17.8. The predicted molar refractivity (Wildman–Crippen MR) is 149 cm³/mol. The lowest BCUT2D eigenvalue weighted by molar-refractivity contribution is -0.121. The Kier molecular flexibility index (Phi) is 8.56. The SMILES string of the molecule is COc1cc(OC)cc(C(C)(C)C(=O)Nc2cccc(NC(=O)C(C)(C)c3cc(OC)cc(OC)c3)c2)c1. The van der Waals surface area contributed by atoms with Crippen LogP contribution in [0.1, 0.15) is 38.8 Å². The van der Waals surface area contributed by atoms with Gasteiger partial charge in [-0.1, -0.05) is 6.07 Å². The first-order valence-electron chi connectivity index (χ1n) is 12.1. The van der Waals surface area contributed by atoms with E-state index < -0.39 is 10.8 Å². The molecule has 2 amide bonds. The molecular weight excluding hydrogens is 484 g/mol. The highest BCUT2D eigenvalue weighted by atomic mass is 16.5. The maximum absolute atomic E-state index is 13.3. The van der Waals surface area contributed by atoms with Gasteiger partial charge in [-0.3, -0.25) is 9.59 Å². The highest BCUT2D eigenvalue weighted by Gasteiger charge is 2.32. The Morgan fingerprint density at radius 1 is 0.553 bits per heavy atom. The molecule has 0 aromatic heterocycles. The quantitative estimate of drug-likeness (QED) is 0.364. The highest BCUT2D eigenvalue weighted by Crippen LogP contribution is 2.34. The van der Waals surface area contributed by atoms with Crippen LogP contribution in [0.4, 0.5) is 11.4 Å². The summed E-state index contributed by atoms with van der Waals surface area (Å²) >= 11 is 0. The molecule has 3 rings (SSSR count). The van der Waals surface area contributed by atoms with Gasteiger partial charge in [0.05, 0.1) is 39.3 Å². The van der Waals surface area contributed by atoms with Gasteiger partial charge in [0.25, 0.3) is 0 Å². The van der Waals surface area contributed by atoms with Gasteiger partial charge in [-0.25, -0.2) is 0 Å². The third-order valence-corrected chi connectivity index (χ3v) is 6.66. The van der Waals surface area contributed by atoms with Gasteiger partial charge < -0.3 is 29.6 Å². The van der Waals surface area contributed by atoms with Crippen LogP contribution in [0.5, 0.6) is 23.0 Å². The number of amides is 2. The molecule has 202 valence electrons. The summed E-state index contributed by atoms with van der Waals surface area (Å²) in [6.07, 6.45) is 0. The maximum atomic E-state index is 13.3. The van der Waals surface area contributed by atoms with Crippen molar-refractivity contribution >= 4 is 23.2 Å². The van der Waals surface area contributed by atoms with Crippen molar-refractivity contribution in [3.8, 4) is 23.0 Å². The molecule has 2 N–H and O–H groups in total. The number of carbonyl (C=O) groups is 2. The minimum absolute atomic E-state index is 0.222. The van der Waals surface area contributed by atoms with E-state index in [1.54, 1.807) is 64.8 Å². The summed E-state index contributed by atoms with van der Waals surface area (Å²) in [4.78, 5) is 26.7. The zero-order valence-electron chi connectivity index (χ0n) is 23.2. The van der Waals surface area contributed by atoms with Crippen molar-refractivity contribution in [3.05, 3.63) is 71.8 Å². The second-order valence-corrected chi connectivity index (χ2v) is 9.94. The Morgan fingerprint density at radius 2 is 0.868 bits per heavy atom. The Hall–Kier alpha value is -4.20. The number of benzene rings is 3. The minimum Gasteiger partial charge on any atom is -0.497 e. The molecule has 0 saturated heterocycles. The molecular formula is C30H36N2O6. The lowest BCUT2D eigenvalue weighted by Gasteiger charge is -2.26. The van der Waals surface area contributed by atoms with E-state index in [0.717, 1.165) is 11.1 Å². The largest absolute Gasteiger partial charge is 0.497 e. The number of rotatable bonds is 10. The van der Waals surface area contributed by atoms with Gasteiger partial charge >= 0.3 is 0 Å². The van der Waals surface area contributed by atoms with Gasteiger partial charge in [0.2, 0.25) is 11.8 Å². The van der Waals surface area contributed by atoms with E-state index in [-0.39, 0.29) is 11.8 Å². The number of carbonyl (C=O) groups excluding carboxylic acids is 2. The standard InChI is InChI=1S/C30H36N2O6/c1-29(2,19-12-23(35-5)17-24(13-19)36-6)27(33)31-21-10-9-11-22(16-21)32-28(34)30(3,4)20-14-25(37-7)18-26(15-20)38-8/h9-18H,1-8H3,(H,31,33)(H,32,34). The number of hydrogen-bond acceptors (Lipinski definition) is 6. The molecule has 8 nitrogen and oxygen atoms in total. The van der Waals surface area contributed by atoms with Crippen LogP contribution >= 0.6 is 0 Å². The van der Waals surface area contributed by atoms with Crippen LogP contribution in [-0.4, -0.2) is 40.3 Å². The van der Waals surface area contributed by atoms with Gasteiger partial charge in [0.15, 0.2) is 0 Å². The van der Waals surface area contributed by atoms with Crippen LogP contribution in [0, 0.1) is 0 Å². The predicted octanol–water partition coefficient (Wildman–Crippen LogP) is 5.55. The molecule has 0 aliphatic heterocycles. The number of methoxy groups -OCH3 is 4. The molecule has 0 fully saturated rings. The van der Waals surface area contributed by atoms with Crippen molar-refractivity contribution < 1.29 is 28.5 Å². The average molecular weight is 521 g/mol. The zero-order chi connectivity index (χ0) is 28.1. The molecule has 0 unspecified atom stereocenters. The van der Waals surface area contributed by atoms with Gasteiger partial charge in [-0.2, -0.15) is 0 Å². The first kappa shape index (κ1) is 28.4. The molecule has 3 aromatic rings. The molecule has 3 aromatic carbocycles. The summed E-state index contributed by atoms with van der Waals surface area (Å²) in [5, 5.41) is 5.93. The van der Waals surface area contributed by atoms with E-state index in [4.69, 9.17) is 18.9 Å². The fraction of sp³-hybridized carbons (Fsp3) is 0.333. The van der Waals surface area contributed by atoms with E-state index in [1.807, 2.05) is 52.0 Å². The minimum atomic E-state index is -0.894. The molecule has 0 spiro atoms. The molecule has 38 heavy (non-hydrogen) atoms. The second-order valence-electron chi connectivity index (χ2n) is 9.94. The highest BCUT2D eigenvalue weighted by molar-refractivity contribution is 6.01. The molecule has 0 aliphatic carbocycles. The first-order chi connectivity index (χ1) is 17.9. The van der Waals surface area contributed by atoms with Crippen LogP contribution in [-0.2, 0) is 20.4 Å². The van der Waals surface area contributed by atoms with Crippen molar-refractivity contribution in [3.63, 3.8) is 0 Å². The summed E-state index contributed by atoms with van der Waals surface area (Å²) in [7, 11) is 6.27. The van der Waals surface area contributed by atoms with E-state index in [9.17, 15) is 9.59 Å². The average Bonchev–Trinajstić information content (AvgIpc) is 2.92. The molecule has 0 saturated carbocycles. The Morgan fingerprint density at radius 3 is 1.16 bits per heavy atom. The lowest BCUT2D eigenvalue weighted by Crippen LogP contribution is -2.35. The topological polar surface area (TPSA) is 95.1 Å². The Balaban J connectivity index is 1.80. The zero-order valence-corrected chi connectivity index (χ0v) is 23.2. The lowest BCUT2D eigenvalue weighted by atomic mass is 9.83. The van der Waals surface area contributed by atoms with E-state index in [0.29, 0.717) is 34.4 Å². The smallest absolute Gasteiger partial charge is 0.234 e. The Bertz CT molecular complexity index is 1170. The van der Waals surface area contributed by atoms with Crippen LogP contribution in [0.15, 0.2) is 60.7 Å². The molecule has 0 atom stereocenters. The van der Waals surface area contributed by atoms with Gasteiger partial charge in [-0.15, -0.1) is 0 Å². The number of ether oxygens (including phenoxy) is 4. The summed E-state index contributed by atoms with van der Waals surface area (Å²) in [5.41, 5.74) is 0.800. The van der Waals surface area contributed by atoms with Crippen LogP contribution < -0.4 is 29.6 Å². The van der Waals surface area contributed by atoms with Crippen molar-refractivity contribution in [2.45, 2.75) is 38.5 Å². The molecule has 0 aliphatic rings. The number of anilines is 2. The van der Waals surface area contributed by atoms with Gasteiger partial charge in [-0.05, 0) is 81.3 Å². The first-order valence-corrected chi connectivity index (χ1v) is 12.1. The fourth-order valence-electron chi connectivity index (χ4n) is 3.85. The van der Waals surface area contributed by atoms with Crippen molar-refractivity contribution in [2.75, 3.05) is 39.1 Å². The van der Waals surface area contributed by atoms with Crippen molar-refractivity contribution in [1.82, 2.24) is 0 Å². The summed E-state index contributed by atoms with van der Waals surface area (Å²) in [5.74, 6) is 1.95. The summed E-state index contributed by atoms with van der Waals surface area (Å²) in [6.45, 7) is 7.31. The fourth-order valence-corrected chi connectivity index (χ4v) is 3.85. The normalized spacial score (nSPS) is 11.4. The number of nitrogens with one attached hydrogen (secondary N) is 2. The summed E-state index contributed by atoms with van der Waals surface area (Å²) < 4.78 is 21.5. The second kappa shape index (κ2) is 11.5. The van der Waals surface area contributed by atoms with Crippen molar-refractivity contribution in [2.24, 2.45) is 0 Å². The van der Waals surface area contributed by atoms with E-state index in [1.165, 1.54) is 0 Å². The molecule has 0 radical (unpaired) electrons. The monoisotopic (exact) mass is 520 g/mol. The van der Waals surface area contributed by atoms with Gasteiger partial charge in [0.1, 0.15) is 23.0 Å². The molecule has 0 heterocycles. The van der Waals surface area contributed by atoms with Crippen LogP contribution in [0.3, 0.4) is 0 Å². The van der Waals surface area contributed by atoms with Crippen molar-refractivity contribution in [1.29, 1.82) is 0 Å². The third kappa shape index (κ3) is 6.19. The molecule has 0 bridgehead atoms. The van der Waals surface area contributed by atoms with Crippen LogP contribution in [0.2, 0.25) is 0 Å². The maximum Gasteiger partial charge on any atom is 0.234 e. The number of hydrogen-bond donors (Lipinski definition) is 2. The molecule has 8 heteroatoms.